The Balaban J connectivity index is 2.45. The van der Waals surface area contributed by atoms with Gasteiger partial charge in [0.15, 0.2) is 0 Å². The van der Waals surface area contributed by atoms with Crippen molar-refractivity contribution in [2.24, 2.45) is 5.73 Å². The second-order valence-corrected chi connectivity index (χ2v) is 4.58. The number of hydrogen-bond donors (Lipinski definition) is 1. The zero-order chi connectivity index (χ0) is 12.4. The SMILES string of the molecule is N#Cc1ccc2c(c1)c(Br)cn2CCC(N)=O. The monoisotopic (exact) mass is 291 g/mol. The number of nitrogens with two attached hydrogens (primary N) is 1. The Kier molecular flexibility index (Phi) is 3.16. The molecule has 0 unspecified atom stereocenters. The number of amides is 1. The van der Waals surface area contributed by atoms with Crippen molar-refractivity contribution in [2.75, 3.05) is 0 Å². The number of nitrogens with zero attached hydrogens (tertiary/aromatic N) is 2. The van der Waals surface area contributed by atoms with Crippen molar-refractivity contribution in [1.29, 1.82) is 5.26 Å². The summed E-state index contributed by atoms with van der Waals surface area (Å²) in [5.41, 5.74) is 6.73. The van der Waals surface area contributed by atoms with Crippen LogP contribution in [0.2, 0.25) is 0 Å². The van der Waals surface area contributed by atoms with Crippen LogP contribution >= 0.6 is 15.9 Å². The molecule has 1 aromatic heterocycles. The number of carbonyl (C=O) groups is 1. The summed E-state index contributed by atoms with van der Waals surface area (Å²) in [6, 6.07) is 7.56. The lowest BCUT2D eigenvalue weighted by Gasteiger charge is -2.02. The van der Waals surface area contributed by atoms with Crippen LogP contribution in [-0.2, 0) is 11.3 Å². The fraction of sp³-hybridized carbons (Fsp3) is 0.167. The minimum Gasteiger partial charge on any atom is -0.370 e. The van der Waals surface area contributed by atoms with Crippen LogP contribution in [0.15, 0.2) is 28.9 Å². The molecule has 2 aromatic rings. The molecule has 0 saturated carbocycles. The number of aromatic nitrogens is 1. The molecule has 0 aliphatic rings. The molecule has 0 fully saturated rings. The maximum Gasteiger partial charge on any atom is 0.219 e. The van der Waals surface area contributed by atoms with Crippen LogP contribution in [0.5, 0.6) is 0 Å². The molecule has 1 aromatic carbocycles. The van der Waals surface area contributed by atoms with Gasteiger partial charge in [-0.15, -0.1) is 0 Å². The highest BCUT2D eigenvalue weighted by atomic mass is 79.9. The van der Waals surface area contributed by atoms with Gasteiger partial charge in [-0.05, 0) is 34.1 Å². The Morgan fingerprint density at radius 1 is 1.53 bits per heavy atom. The normalized spacial score (nSPS) is 10.4. The van der Waals surface area contributed by atoms with E-state index in [0.29, 0.717) is 18.5 Å². The number of halogens is 1. The predicted octanol–water partition coefficient (Wildman–Crippen LogP) is 2.15. The molecule has 86 valence electrons. The van der Waals surface area contributed by atoms with E-state index in [1.165, 1.54) is 0 Å². The fourth-order valence-corrected chi connectivity index (χ4v) is 2.30. The third kappa shape index (κ3) is 2.32. The minimum atomic E-state index is -0.323. The highest BCUT2D eigenvalue weighted by molar-refractivity contribution is 9.10. The summed E-state index contributed by atoms with van der Waals surface area (Å²) in [6.07, 6.45) is 2.20. The van der Waals surface area contributed by atoms with Crippen LogP contribution in [0, 0.1) is 11.3 Å². The third-order valence-corrected chi connectivity index (χ3v) is 3.19. The van der Waals surface area contributed by atoms with Crippen LogP contribution < -0.4 is 5.73 Å². The number of benzene rings is 1. The zero-order valence-electron chi connectivity index (χ0n) is 8.98. The highest BCUT2D eigenvalue weighted by Crippen LogP contribution is 2.27. The molecule has 0 radical (unpaired) electrons. The third-order valence-electron chi connectivity index (χ3n) is 2.56. The van der Waals surface area contributed by atoms with Crippen LogP contribution in [0.3, 0.4) is 0 Å². The topological polar surface area (TPSA) is 71.8 Å². The first kappa shape index (κ1) is 11.7. The lowest BCUT2D eigenvalue weighted by atomic mass is 10.2. The summed E-state index contributed by atoms with van der Waals surface area (Å²) in [5.74, 6) is -0.323. The molecule has 1 amide bonds. The number of carbonyl (C=O) groups excluding carboxylic acids is 1. The van der Waals surface area contributed by atoms with E-state index in [1.807, 2.05) is 22.9 Å². The van der Waals surface area contributed by atoms with Gasteiger partial charge >= 0.3 is 0 Å². The van der Waals surface area contributed by atoms with Gasteiger partial charge < -0.3 is 10.3 Å². The first-order valence-corrected chi connectivity index (χ1v) is 5.88. The van der Waals surface area contributed by atoms with Crippen molar-refractivity contribution in [3.63, 3.8) is 0 Å². The van der Waals surface area contributed by atoms with Crippen LogP contribution in [0.4, 0.5) is 0 Å². The first-order chi connectivity index (χ1) is 8.11. The van der Waals surface area contributed by atoms with Crippen molar-refractivity contribution >= 4 is 32.7 Å². The van der Waals surface area contributed by atoms with E-state index in [1.54, 1.807) is 6.07 Å². The Bertz CT molecular complexity index is 624. The molecule has 0 atom stereocenters. The molecule has 0 bridgehead atoms. The fourth-order valence-electron chi connectivity index (χ4n) is 1.74. The molecule has 5 heteroatoms. The van der Waals surface area contributed by atoms with E-state index in [-0.39, 0.29) is 5.91 Å². The van der Waals surface area contributed by atoms with E-state index in [4.69, 9.17) is 11.0 Å². The predicted molar refractivity (Wildman–Crippen MR) is 68.2 cm³/mol. The molecular weight excluding hydrogens is 282 g/mol. The minimum absolute atomic E-state index is 0.302. The van der Waals surface area contributed by atoms with E-state index in [9.17, 15) is 4.79 Å². The average Bonchev–Trinajstić information content (AvgIpc) is 2.63. The number of aryl methyl sites for hydroxylation is 1. The molecule has 4 nitrogen and oxygen atoms in total. The summed E-state index contributed by atoms with van der Waals surface area (Å²) in [5, 5.41) is 9.80. The standard InChI is InChI=1S/C12H10BrN3O/c13-10-7-16(4-3-12(15)17)11-2-1-8(6-14)5-9(10)11/h1-2,5,7H,3-4H2,(H2,15,17). The van der Waals surface area contributed by atoms with Gasteiger partial charge in [0.25, 0.3) is 0 Å². The van der Waals surface area contributed by atoms with Crippen molar-refractivity contribution < 1.29 is 4.79 Å². The molecule has 2 rings (SSSR count). The molecule has 0 aliphatic heterocycles. The van der Waals surface area contributed by atoms with Crippen LogP contribution in [0.1, 0.15) is 12.0 Å². The maximum atomic E-state index is 10.8. The van der Waals surface area contributed by atoms with Gasteiger partial charge in [0.2, 0.25) is 5.91 Å². The van der Waals surface area contributed by atoms with Crippen molar-refractivity contribution in [3.05, 3.63) is 34.4 Å². The molecule has 17 heavy (non-hydrogen) atoms. The van der Waals surface area contributed by atoms with E-state index in [0.717, 1.165) is 15.4 Å². The van der Waals surface area contributed by atoms with Crippen molar-refractivity contribution in [2.45, 2.75) is 13.0 Å². The Morgan fingerprint density at radius 3 is 2.94 bits per heavy atom. The number of hydrogen-bond acceptors (Lipinski definition) is 2. The first-order valence-electron chi connectivity index (χ1n) is 5.08. The number of fused-ring (bicyclic) bond motifs is 1. The van der Waals surface area contributed by atoms with E-state index < -0.39 is 0 Å². The second kappa shape index (κ2) is 4.60. The van der Waals surface area contributed by atoms with Crippen LogP contribution in [0.25, 0.3) is 10.9 Å². The Labute approximate surface area is 107 Å². The van der Waals surface area contributed by atoms with Gasteiger partial charge in [-0.3, -0.25) is 4.79 Å². The van der Waals surface area contributed by atoms with Gasteiger partial charge in [0, 0.05) is 34.5 Å². The summed E-state index contributed by atoms with van der Waals surface area (Å²) in [4.78, 5) is 10.8. The van der Waals surface area contributed by atoms with Crippen molar-refractivity contribution in [3.8, 4) is 6.07 Å². The van der Waals surface area contributed by atoms with Gasteiger partial charge in [-0.25, -0.2) is 0 Å². The van der Waals surface area contributed by atoms with Gasteiger partial charge in [-0.1, -0.05) is 0 Å². The molecule has 0 aliphatic carbocycles. The molecule has 1 heterocycles. The molecule has 2 N–H and O–H groups in total. The second-order valence-electron chi connectivity index (χ2n) is 3.73. The largest absolute Gasteiger partial charge is 0.370 e. The zero-order valence-corrected chi connectivity index (χ0v) is 10.6. The number of primary amides is 1. The highest BCUT2D eigenvalue weighted by Gasteiger charge is 2.08. The summed E-state index contributed by atoms with van der Waals surface area (Å²) in [7, 11) is 0. The molecule has 0 saturated heterocycles. The lowest BCUT2D eigenvalue weighted by molar-refractivity contribution is -0.118. The maximum absolute atomic E-state index is 10.8. The smallest absolute Gasteiger partial charge is 0.219 e. The number of nitriles is 1. The van der Waals surface area contributed by atoms with Gasteiger partial charge in [0.05, 0.1) is 11.6 Å². The Hall–Kier alpha value is -1.80. The Morgan fingerprint density at radius 2 is 2.29 bits per heavy atom. The molecular formula is C12H10BrN3O. The van der Waals surface area contributed by atoms with Crippen molar-refractivity contribution in [1.82, 2.24) is 4.57 Å². The summed E-state index contributed by atoms with van der Waals surface area (Å²) >= 11 is 3.44. The van der Waals surface area contributed by atoms with Gasteiger partial charge in [0.1, 0.15) is 0 Å². The van der Waals surface area contributed by atoms with Crippen LogP contribution in [-0.4, -0.2) is 10.5 Å². The average molecular weight is 292 g/mol. The summed E-state index contributed by atoms with van der Waals surface area (Å²) in [6.45, 7) is 0.545. The van der Waals surface area contributed by atoms with E-state index >= 15 is 0 Å². The molecule has 0 spiro atoms. The van der Waals surface area contributed by atoms with Gasteiger partial charge in [-0.2, -0.15) is 5.26 Å². The lowest BCUT2D eigenvalue weighted by Crippen LogP contribution is -2.13. The van der Waals surface area contributed by atoms with E-state index in [2.05, 4.69) is 22.0 Å². The quantitative estimate of drug-likeness (QED) is 0.941. The number of rotatable bonds is 3. The summed E-state index contributed by atoms with van der Waals surface area (Å²) < 4.78 is 2.86.